The fourth-order valence-electron chi connectivity index (χ4n) is 0.387. The molecule has 0 atom stereocenters. The zero-order valence-electron chi connectivity index (χ0n) is 8.75. The van der Waals surface area contributed by atoms with E-state index >= 15 is 0 Å². The molecule has 0 aromatic rings. The Bertz CT molecular complexity index is 81.3. The molecule has 7 heteroatoms. The minimum Gasteiger partial charge on any atom is -1.00 e. The molecule has 0 aromatic heterocycles. The summed E-state index contributed by atoms with van der Waals surface area (Å²) in [7, 11) is 3.30. The van der Waals surface area contributed by atoms with Crippen molar-refractivity contribution in [3.05, 3.63) is 6.65 Å². The molecule has 0 aliphatic carbocycles. The van der Waals surface area contributed by atoms with Crippen molar-refractivity contribution < 1.29 is 63.9 Å². The van der Waals surface area contributed by atoms with Crippen molar-refractivity contribution >= 4 is 0 Å². The fraction of sp³-hybridized carbons (Fsp3) is 0.857. The van der Waals surface area contributed by atoms with Crippen molar-refractivity contribution in [2.45, 2.75) is 0 Å². The van der Waals surface area contributed by atoms with Crippen LogP contribution >= 0.6 is 0 Å². The Hall–Kier alpha value is 0.998. The fourth-order valence-corrected chi connectivity index (χ4v) is 0.387. The molecule has 14 heavy (non-hydrogen) atoms. The number of hydrogen-bond donors (Lipinski definition) is 1. The Morgan fingerprint density at radius 1 is 0.929 bits per heavy atom. The van der Waals surface area contributed by atoms with Gasteiger partial charge in [0.25, 0.3) is 0 Å². The predicted molar refractivity (Wildman–Crippen MR) is 44.5 cm³/mol. The summed E-state index contributed by atoms with van der Waals surface area (Å²) in [6, 6.07) is 0. The smallest absolute Gasteiger partial charge is 0 e. The van der Waals surface area contributed by atoms with Crippen LogP contribution in [-0.4, -0.2) is 40.6 Å². The molecule has 0 fully saturated rings. The number of ether oxygens (including phenoxy) is 3. The van der Waals surface area contributed by atoms with Gasteiger partial charge in [0.1, 0.15) is 0 Å². The van der Waals surface area contributed by atoms with E-state index in [2.05, 4.69) is 6.65 Å². The van der Waals surface area contributed by atoms with E-state index in [1.165, 1.54) is 0 Å². The molecule has 0 radical (unpaired) electrons. The van der Waals surface area contributed by atoms with Crippen molar-refractivity contribution in [1.82, 2.24) is 6.15 Å². The van der Waals surface area contributed by atoms with Gasteiger partial charge in [0.2, 0.25) is 0 Å². The van der Waals surface area contributed by atoms with Crippen molar-refractivity contribution in [2.75, 3.05) is 40.6 Å². The quantitative estimate of drug-likeness (QED) is 0.177. The van der Waals surface area contributed by atoms with E-state index < -0.39 is 0 Å². The van der Waals surface area contributed by atoms with Gasteiger partial charge in [-0.3, -0.25) is 0 Å². The summed E-state index contributed by atoms with van der Waals surface area (Å²) in [5.41, 5.74) is 0. The number of rotatable bonds is 6. The maximum absolute atomic E-state index is 7.50. The van der Waals surface area contributed by atoms with Crippen LogP contribution in [0.1, 0.15) is 0 Å². The van der Waals surface area contributed by atoms with Gasteiger partial charge in [-0.25, -0.2) is 0 Å². The Morgan fingerprint density at radius 3 is 1.43 bits per heavy atom. The Labute approximate surface area is 117 Å². The van der Waals surface area contributed by atoms with Crippen LogP contribution in [0, 0.1) is 6.65 Å². The monoisotopic (exact) mass is 405 g/mol. The third kappa shape index (κ3) is 38.2. The number of hydrogen-bond acceptors (Lipinski definition) is 3. The van der Waals surface area contributed by atoms with Gasteiger partial charge in [-0.1, -0.05) is 0 Å². The summed E-state index contributed by atoms with van der Waals surface area (Å²) in [6.45, 7) is 7.12. The van der Waals surface area contributed by atoms with Crippen molar-refractivity contribution in [1.29, 1.82) is 0 Å². The van der Waals surface area contributed by atoms with Gasteiger partial charge in [-0.05, 0) is 0 Å². The molecular weight excluding hydrogens is 385 g/mol. The second kappa shape index (κ2) is 37.0. The summed E-state index contributed by atoms with van der Waals surface area (Å²) in [5.74, 6) is 0. The van der Waals surface area contributed by atoms with Gasteiger partial charge in [0.15, 0.2) is 0 Å². The van der Waals surface area contributed by atoms with Gasteiger partial charge in [-0.15, -0.1) is 0 Å². The molecule has 0 aliphatic heterocycles. The molecule has 0 saturated heterocycles. The van der Waals surface area contributed by atoms with E-state index in [1.807, 2.05) is 0 Å². The molecule has 0 aromatic carbocycles. The minimum atomic E-state index is 0. The Kier molecular flexibility index (Phi) is 77.6. The molecule has 0 saturated carbocycles. The summed E-state index contributed by atoms with van der Waals surface area (Å²) in [5, 5.41) is 0. The minimum absolute atomic E-state index is 0. The van der Waals surface area contributed by atoms with Crippen LogP contribution in [0.5, 0.6) is 0 Å². The molecule has 88 valence electrons. The van der Waals surface area contributed by atoms with E-state index in [4.69, 9.17) is 18.9 Å². The van der Waals surface area contributed by atoms with Crippen LogP contribution in [-0.2, 0) is 39.9 Å². The van der Waals surface area contributed by atoms with Crippen LogP contribution in [0.2, 0.25) is 0 Å². The molecule has 0 spiro atoms. The van der Waals surface area contributed by atoms with E-state index in [0.29, 0.717) is 26.4 Å². The largest absolute Gasteiger partial charge is 1.00 e. The van der Waals surface area contributed by atoms with E-state index in [-0.39, 0.29) is 51.2 Å². The third-order valence-corrected chi connectivity index (χ3v) is 0.864. The van der Waals surface area contributed by atoms with Gasteiger partial charge in [-0.2, -0.15) is 0 Å². The first kappa shape index (κ1) is 29.4. The summed E-state index contributed by atoms with van der Waals surface area (Å²) in [4.78, 5) is 0. The normalized spacial score (nSPS) is 6.57. The molecule has 0 aliphatic rings. The number of halogens is 1. The van der Waals surface area contributed by atoms with Crippen molar-refractivity contribution in [3.8, 4) is 0 Å². The first-order valence-corrected chi connectivity index (χ1v) is 3.18. The second-order valence-corrected chi connectivity index (χ2v) is 1.60. The van der Waals surface area contributed by atoms with Crippen molar-refractivity contribution in [2.24, 2.45) is 0 Å². The SMILES string of the molecule is COCCOCCOC.[C-]#[O+].[I-].[Mo].[NH4+]. The molecule has 5 nitrogen and oxygen atoms in total. The zero-order valence-corrected chi connectivity index (χ0v) is 12.9. The maximum Gasteiger partial charge on any atom is 0 e. The van der Waals surface area contributed by atoms with Crippen LogP contribution in [0.15, 0.2) is 0 Å². The second-order valence-electron chi connectivity index (χ2n) is 1.60. The molecule has 0 heterocycles. The Balaban J connectivity index is -0.0000000505. The van der Waals surface area contributed by atoms with Crippen LogP contribution in [0.25, 0.3) is 0 Å². The van der Waals surface area contributed by atoms with Crippen LogP contribution in [0.3, 0.4) is 0 Å². The van der Waals surface area contributed by atoms with Gasteiger partial charge >= 0.3 is 11.3 Å². The van der Waals surface area contributed by atoms with Gasteiger partial charge in [0.05, 0.1) is 26.4 Å². The third-order valence-electron chi connectivity index (χ3n) is 0.864. The van der Waals surface area contributed by atoms with Gasteiger partial charge in [0, 0.05) is 35.3 Å². The molecule has 0 bridgehead atoms. The van der Waals surface area contributed by atoms with Crippen LogP contribution in [0.4, 0.5) is 0 Å². The summed E-state index contributed by atoms with van der Waals surface area (Å²) < 4.78 is 22.1. The predicted octanol–water partition coefficient (Wildman–Crippen LogP) is -2.36. The zero-order chi connectivity index (χ0) is 8.95. The van der Waals surface area contributed by atoms with E-state index in [0.717, 1.165) is 0 Å². The number of methoxy groups -OCH3 is 2. The molecule has 0 amide bonds. The average Bonchev–Trinajstić information content (AvgIpc) is 2.08. The standard InChI is InChI=1S/C6H14O3.CO.HI.Mo.H3N/c1-7-3-5-9-6-4-8-2;1-2;;;/h3-6H2,1-2H3;;1H;;1H3. The number of quaternary nitrogens is 1. The molecule has 0 unspecified atom stereocenters. The molecule has 4 N–H and O–H groups in total. The van der Waals surface area contributed by atoms with Gasteiger partial charge < -0.3 is 44.3 Å². The first-order valence-electron chi connectivity index (χ1n) is 3.18. The average molecular weight is 403 g/mol. The maximum atomic E-state index is 7.50. The van der Waals surface area contributed by atoms with E-state index in [1.54, 1.807) is 14.2 Å². The summed E-state index contributed by atoms with van der Waals surface area (Å²) in [6.07, 6.45) is 0. The Morgan fingerprint density at radius 2 is 1.21 bits per heavy atom. The first-order chi connectivity index (χ1) is 5.41. The summed E-state index contributed by atoms with van der Waals surface area (Å²) >= 11 is 0. The van der Waals surface area contributed by atoms with Crippen LogP contribution < -0.4 is 30.1 Å². The molecular formula is C7H18IMoNO4. The molecule has 0 rings (SSSR count). The topological polar surface area (TPSA) is 84.1 Å². The van der Waals surface area contributed by atoms with Crippen molar-refractivity contribution in [3.63, 3.8) is 0 Å². The van der Waals surface area contributed by atoms with E-state index in [9.17, 15) is 0 Å².